The first-order valence-electron chi connectivity index (χ1n) is 9.94. The molecule has 5 nitrogen and oxygen atoms in total. The Balaban J connectivity index is 1.33. The molecule has 1 atom stereocenters. The SMILES string of the molecule is CN1CCC2(CC1)CC(=O)N(CC(=O)N1CC[C@@H](c3ccc(F)cc3)C1)C2. The fourth-order valence-corrected chi connectivity index (χ4v) is 4.81. The number of hydrogen-bond donors (Lipinski definition) is 0. The third kappa shape index (κ3) is 3.86. The lowest BCUT2D eigenvalue weighted by atomic mass is 9.78. The van der Waals surface area contributed by atoms with Gasteiger partial charge in [0, 0.05) is 32.0 Å². The third-order valence-corrected chi connectivity index (χ3v) is 6.66. The number of piperidine rings is 1. The molecule has 3 heterocycles. The molecule has 3 aliphatic rings. The largest absolute Gasteiger partial charge is 0.341 e. The van der Waals surface area contributed by atoms with Gasteiger partial charge in [-0.3, -0.25) is 9.59 Å². The minimum absolute atomic E-state index is 0.0398. The van der Waals surface area contributed by atoms with Crippen LogP contribution in [0.1, 0.15) is 37.2 Å². The molecular formula is C21H28FN3O2. The quantitative estimate of drug-likeness (QED) is 0.815. The molecule has 0 bridgehead atoms. The summed E-state index contributed by atoms with van der Waals surface area (Å²) < 4.78 is 13.1. The maximum Gasteiger partial charge on any atom is 0.242 e. The summed E-state index contributed by atoms with van der Waals surface area (Å²) in [6, 6.07) is 6.57. The number of hydrogen-bond acceptors (Lipinski definition) is 3. The van der Waals surface area contributed by atoms with Crippen LogP contribution in [0.25, 0.3) is 0 Å². The Morgan fingerprint density at radius 1 is 1.19 bits per heavy atom. The zero-order chi connectivity index (χ0) is 19.0. The second-order valence-electron chi connectivity index (χ2n) is 8.61. The summed E-state index contributed by atoms with van der Waals surface area (Å²) in [5.41, 5.74) is 1.15. The highest BCUT2D eigenvalue weighted by Gasteiger charge is 2.45. The molecule has 1 aromatic carbocycles. The Hall–Kier alpha value is -1.95. The molecule has 2 amide bonds. The molecule has 146 valence electrons. The Morgan fingerprint density at radius 3 is 2.59 bits per heavy atom. The van der Waals surface area contributed by atoms with Gasteiger partial charge in [0.1, 0.15) is 5.82 Å². The van der Waals surface area contributed by atoms with E-state index in [2.05, 4.69) is 11.9 Å². The molecule has 4 rings (SSSR count). The fourth-order valence-electron chi connectivity index (χ4n) is 4.81. The van der Waals surface area contributed by atoms with E-state index in [1.807, 2.05) is 17.0 Å². The number of carbonyl (C=O) groups is 2. The average molecular weight is 373 g/mol. The number of likely N-dealkylation sites (tertiary alicyclic amines) is 3. The molecular weight excluding hydrogens is 345 g/mol. The van der Waals surface area contributed by atoms with Crippen molar-refractivity contribution >= 4 is 11.8 Å². The highest BCUT2D eigenvalue weighted by Crippen LogP contribution is 2.40. The average Bonchev–Trinajstić information content (AvgIpc) is 3.25. The summed E-state index contributed by atoms with van der Waals surface area (Å²) >= 11 is 0. The lowest BCUT2D eigenvalue weighted by molar-refractivity contribution is -0.137. The number of nitrogens with zero attached hydrogens (tertiary/aromatic N) is 3. The first kappa shape index (κ1) is 18.4. The van der Waals surface area contributed by atoms with Gasteiger partial charge >= 0.3 is 0 Å². The number of benzene rings is 1. The molecule has 1 spiro atoms. The first-order valence-corrected chi connectivity index (χ1v) is 9.94. The molecule has 1 aromatic rings. The van der Waals surface area contributed by atoms with E-state index in [-0.39, 0.29) is 35.5 Å². The lowest BCUT2D eigenvalue weighted by Crippen LogP contribution is -2.42. The normalized spacial score (nSPS) is 25.6. The molecule has 3 fully saturated rings. The van der Waals surface area contributed by atoms with E-state index in [0.29, 0.717) is 19.5 Å². The number of carbonyl (C=O) groups excluding carboxylic acids is 2. The van der Waals surface area contributed by atoms with Gasteiger partial charge in [0.15, 0.2) is 0 Å². The molecule has 0 saturated carbocycles. The summed E-state index contributed by atoms with van der Waals surface area (Å²) in [7, 11) is 2.12. The summed E-state index contributed by atoms with van der Waals surface area (Å²) in [6.45, 7) is 4.34. The predicted octanol–water partition coefficient (Wildman–Crippen LogP) is 2.09. The Morgan fingerprint density at radius 2 is 1.89 bits per heavy atom. The fraction of sp³-hybridized carbons (Fsp3) is 0.619. The highest BCUT2D eigenvalue weighted by molar-refractivity contribution is 5.86. The Bertz CT molecular complexity index is 713. The van der Waals surface area contributed by atoms with Crippen molar-refractivity contribution in [2.45, 2.75) is 31.6 Å². The van der Waals surface area contributed by atoms with Crippen LogP contribution in [0.15, 0.2) is 24.3 Å². The summed E-state index contributed by atoms with van der Waals surface area (Å²) in [6.07, 6.45) is 3.56. The minimum Gasteiger partial charge on any atom is -0.341 e. The van der Waals surface area contributed by atoms with Crippen LogP contribution in [-0.2, 0) is 9.59 Å². The zero-order valence-electron chi connectivity index (χ0n) is 16.0. The van der Waals surface area contributed by atoms with Gasteiger partial charge in [-0.05, 0) is 62.5 Å². The van der Waals surface area contributed by atoms with Gasteiger partial charge in [-0.1, -0.05) is 12.1 Å². The summed E-state index contributed by atoms with van der Waals surface area (Å²) in [5.74, 6) is 0.184. The van der Waals surface area contributed by atoms with Gasteiger partial charge in [-0.25, -0.2) is 4.39 Å². The van der Waals surface area contributed by atoms with Crippen molar-refractivity contribution in [2.75, 3.05) is 46.3 Å². The van der Waals surface area contributed by atoms with E-state index < -0.39 is 0 Å². The van der Waals surface area contributed by atoms with Crippen LogP contribution < -0.4 is 0 Å². The van der Waals surface area contributed by atoms with Crippen LogP contribution in [0, 0.1) is 11.2 Å². The van der Waals surface area contributed by atoms with E-state index >= 15 is 0 Å². The van der Waals surface area contributed by atoms with E-state index in [9.17, 15) is 14.0 Å². The smallest absolute Gasteiger partial charge is 0.242 e. The lowest BCUT2D eigenvalue weighted by Gasteiger charge is -2.37. The standard InChI is InChI=1S/C21H28FN3O2/c1-23-10-7-21(8-11-23)12-19(26)25(15-21)14-20(27)24-9-6-17(13-24)16-2-4-18(22)5-3-16/h2-5,17H,6-15H2,1H3/t17-/m1/s1. The van der Waals surface area contributed by atoms with Crippen molar-refractivity contribution < 1.29 is 14.0 Å². The third-order valence-electron chi connectivity index (χ3n) is 6.66. The molecule has 6 heteroatoms. The van der Waals surface area contributed by atoms with Crippen molar-refractivity contribution in [3.05, 3.63) is 35.6 Å². The van der Waals surface area contributed by atoms with E-state index in [0.717, 1.165) is 44.5 Å². The van der Waals surface area contributed by atoms with Crippen LogP contribution in [-0.4, -0.2) is 72.8 Å². The van der Waals surface area contributed by atoms with Gasteiger partial charge in [-0.15, -0.1) is 0 Å². The molecule has 3 saturated heterocycles. The van der Waals surface area contributed by atoms with Gasteiger partial charge in [-0.2, -0.15) is 0 Å². The van der Waals surface area contributed by atoms with Gasteiger partial charge in [0.2, 0.25) is 11.8 Å². The topological polar surface area (TPSA) is 43.9 Å². The maximum absolute atomic E-state index is 13.1. The van der Waals surface area contributed by atoms with E-state index in [1.54, 1.807) is 4.90 Å². The second-order valence-corrected chi connectivity index (χ2v) is 8.61. The molecule has 3 aliphatic heterocycles. The molecule has 0 radical (unpaired) electrons. The second kappa shape index (κ2) is 7.23. The molecule has 0 unspecified atom stereocenters. The van der Waals surface area contributed by atoms with Crippen LogP contribution >= 0.6 is 0 Å². The minimum atomic E-state index is -0.236. The maximum atomic E-state index is 13.1. The summed E-state index contributed by atoms with van der Waals surface area (Å²) in [5, 5.41) is 0. The monoisotopic (exact) mass is 373 g/mol. The van der Waals surface area contributed by atoms with Crippen molar-refractivity contribution in [3.8, 4) is 0 Å². The van der Waals surface area contributed by atoms with E-state index in [4.69, 9.17) is 0 Å². The van der Waals surface area contributed by atoms with Crippen molar-refractivity contribution in [1.29, 1.82) is 0 Å². The van der Waals surface area contributed by atoms with Gasteiger partial charge in [0.25, 0.3) is 0 Å². The molecule has 0 N–H and O–H groups in total. The highest BCUT2D eigenvalue weighted by atomic mass is 19.1. The van der Waals surface area contributed by atoms with Gasteiger partial charge < -0.3 is 14.7 Å². The molecule has 27 heavy (non-hydrogen) atoms. The predicted molar refractivity (Wildman–Crippen MR) is 101 cm³/mol. The zero-order valence-corrected chi connectivity index (χ0v) is 16.0. The Labute approximate surface area is 160 Å². The van der Waals surface area contributed by atoms with Crippen molar-refractivity contribution in [3.63, 3.8) is 0 Å². The van der Waals surface area contributed by atoms with Crippen LogP contribution in [0.3, 0.4) is 0 Å². The molecule has 0 aromatic heterocycles. The Kier molecular flexibility index (Phi) is 4.93. The van der Waals surface area contributed by atoms with Crippen molar-refractivity contribution in [1.82, 2.24) is 14.7 Å². The van der Waals surface area contributed by atoms with Gasteiger partial charge in [0.05, 0.1) is 6.54 Å². The summed E-state index contributed by atoms with van der Waals surface area (Å²) in [4.78, 5) is 31.2. The number of amides is 2. The number of halogens is 1. The van der Waals surface area contributed by atoms with Crippen LogP contribution in [0.5, 0.6) is 0 Å². The number of rotatable bonds is 3. The van der Waals surface area contributed by atoms with E-state index in [1.165, 1.54) is 12.1 Å². The molecule has 0 aliphatic carbocycles. The first-order chi connectivity index (χ1) is 12.9. The van der Waals surface area contributed by atoms with Crippen molar-refractivity contribution in [2.24, 2.45) is 5.41 Å². The van der Waals surface area contributed by atoms with Crippen LogP contribution in [0.2, 0.25) is 0 Å². The van der Waals surface area contributed by atoms with Crippen LogP contribution in [0.4, 0.5) is 4.39 Å².